The van der Waals surface area contributed by atoms with Crippen molar-refractivity contribution >= 4 is 23.3 Å². The van der Waals surface area contributed by atoms with E-state index < -0.39 is 11.5 Å². The van der Waals surface area contributed by atoms with Crippen LogP contribution in [0.3, 0.4) is 0 Å². The van der Waals surface area contributed by atoms with Gasteiger partial charge in [0.25, 0.3) is 0 Å². The first-order valence-corrected chi connectivity index (χ1v) is 7.16. The summed E-state index contributed by atoms with van der Waals surface area (Å²) >= 11 is 5.87. The third kappa shape index (κ3) is 3.05. The van der Waals surface area contributed by atoms with Crippen molar-refractivity contribution in [1.29, 1.82) is 5.26 Å². The van der Waals surface area contributed by atoms with Gasteiger partial charge in [-0.15, -0.1) is 0 Å². The number of carboxylic acid groups (broad SMARTS) is 1. The standard InChI is InChI=1S/C15H17ClN2O2/c16-12-5-6-13(11(9-12)10-17)18-15(14(19)20)7-3-1-2-4-8-15/h5-6,9,18H,1-4,7-8H2,(H,19,20). The van der Waals surface area contributed by atoms with Crippen molar-refractivity contribution in [2.75, 3.05) is 5.32 Å². The average molecular weight is 293 g/mol. The minimum absolute atomic E-state index is 0.377. The molecule has 0 aliphatic heterocycles. The van der Waals surface area contributed by atoms with E-state index in [1.165, 1.54) is 0 Å². The summed E-state index contributed by atoms with van der Waals surface area (Å²) in [5.74, 6) is -0.849. The lowest BCUT2D eigenvalue weighted by Gasteiger charge is -2.30. The zero-order valence-electron chi connectivity index (χ0n) is 11.2. The number of halogens is 1. The topological polar surface area (TPSA) is 73.1 Å². The number of carboxylic acids is 1. The highest BCUT2D eigenvalue weighted by molar-refractivity contribution is 6.30. The largest absolute Gasteiger partial charge is 0.480 e. The fraction of sp³-hybridized carbons (Fsp3) is 0.467. The van der Waals surface area contributed by atoms with Crippen molar-refractivity contribution in [3.8, 4) is 6.07 Å². The molecule has 1 fully saturated rings. The van der Waals surface area contributed by atoms with Gasteiger partial charge in [0.15, 0.2) is 0 Å². The number of nitriles is 1. The van der Waals surface area contributed by atoms with E-state index >= 15 is 0 Å². The Morgan fingerprint density at radius 1 is 1.30 bits per heavy atom. The molecule has 106 valence electrons. The van der Waals surface area contributed by atoms with Crippen molar-refractivity contribution < 1.29 is 9.90 Å². The van der Waals surface area contributed by atoms with Crippen LogP contribution in [0.25, 0.3) is 0 Å². The number of rotatable bonds is 3. The maximum atomic E-state index is 11.7. The van der Waals surface area contributed by atoms with E-state index in [-0.39, 0.29) is 0 Å². The molecule has 20 heavy (non-hydrogen) atoms. The highest BCUT2D eigenvalue weighted by atomic mass is 35.5. The summed E-state index contributed by atoms with van der Waals surface area (Å²) in [5.41, 5.74) is -0.0563. The summed E-state index contributed by atoms with van der Waals surface area (Å²) in [5, 5.41) is 22.3. The van der Waals surface area contributed by atoms with Gasteiger partial charge in [-0.25, -0.2) is 4.79 Å². The first-order chi connectivity index (χ1) is 9.57. The maximum absolute atomic E-state index is 11.7. The molecule has 0 bridgehead atoms. The molecule has 0 spiro atoms. The quantitative estimate of drug-likeness (QED) is 0.831. The van der Waals surface area contributed by atoms with Crippen molar-refractivity contribution in [1.82, 2.24) is 0 Å². The van der Waals surface area contributed by atoms with Crippen LogP contribution in [-0.4, -0.2) is 16.6 Å². The SMILES string of the molecule is N#Cc1cc(Cl)ccc1NC1(C(=O)O)CCCCCC1. The predicted molar refractivity (Wildman–Crippen MR) is 77.9 cm³/mol. The van der Waals surface area contributed by atoms with Gasteiger partial charge in [-0.3, -0.25) is 0 Å². The Kier molecular flexibility index (Phi) is 4.51. The molecule has 4 nitrogen and oxygen atoms in total. The van der Waals surface area contributed by atoms with Crippen LogP contribution in [-0.2, 0) is 4.79 Å². The molecule has 0 radical (unpaired) electrons. The number of aliphatic carboxylic acids is 1. The number of anilines is 1. The second-order valence-electron chi connectivity index (χ2n) is 5.23. The zero-order chi connectivity index (χ0) is 14.6. The number of hydrogen-bond donors (Lipinski definition) is 2. The summed E-state index contributed by atoms with van der Waals surface area (Å²) in [6.45, 7) is 0. The van der Waals surface area contributed by atoms with E-state index in [1.54, 1.807) is 18.2 Å². The van der Waals surface area contributed by atoms with Crippen LogP contribution in [0, 0.1) is 11.3 Å². The van der Waals surface area contributed by atoms with Gasteiger partial charge in [0.05, 0.1) is 11.3 Å². The molecule has 2 N–H and O–H groups in total. The van der Waals surface area contributed by atoms with Gasteiger partial charge < -0.3 is 10.4 Å². The van der Waals surface area contributed by atoms with E-state index in [0.29, 0.717) is 29.1 Å². The second kappa shape index (κ2) is 6.15. The van der Waals surface area contributed by atoms with E-state index in [1.807, 2.05) is 0 Å². The minimum Gasteiger partial charge on any atom is -0.480 e. The van der Waals surface area contributed by atoms with Gasteiger partial charge in [0.1, 0.15) is 11.6 Å². The number of hydrogen-bond acceptors (Lipinski definition) is 3. The Morgan fingerprint density at radius 2 is 1.95 bits per heavy atom. The molecule has 0 aromatic heterocycles. The molecule has 0 atom stereocenters. The molecule has 1 aromatic carbocycles. The normalized spacial score (nSPS) is 17.8. The predicted octanol–water partition coefficient (Wildman–Crippen LogP) is 3.80. The van der Waals surface area contributed by atoms with Crippen LogP contribution in [0.15, 0.2) is 18.2 Å². The molecule has 0 heterocycles. The highest BCUT2D eigenvalue weighted by Crippen LogP contribution is 2.32. The summed E-state index contributed by atoms with van der Waals surface area (Å²) in [4.78, 5) is 11.7. The second-order valence-corrected chi connectivity index (χ2v) is 5.66. The third-order valence-corrected chi connectivity index (χ3v) is 4.08. The van der Waals surface area contributed by atoms with Gasteiger partial charge in [-0.1, -0.05) is 37.3 Å². The molecule has 0 unspecified atom stereocenters. The molecular weight excluding hydrogens is 276 g/mol. The number of benzene rings is 1. The Balaban J connectivity index is 2.33. The van der Waals surface area contributed by atoms with Gasteiger partial charge >= 0.3 is 5.97 Å². The fourth-order valence-electron chi connectivity index (χ4n) is 2.70. The lowest BCUT2D eigenvalue weighted by molar-refractivity contribution is -0.142. The first kappa shape index (κ1) is 14.7. The monoisotopic (exact) mass is 292 g/mol. The lowest BCUT2D eigenvalue weighted by atomic mass is 9.89. The number of carbonyl (C=O) groups is 1. The molecule has 1 saturated carbocycles. The molecular formula is C15H17ClN2O2. The van der Waals surface area contributed by atoms with E-state index in [2.05, 4.69) is 11.4 Å². The minimum atomic E-state index is -0.976. The fourth-order valence-corrected chi connectivity index (χ4v) is 2.87. The molecule has 5 heteroatoms. The van der Waals surface area contributed by atoms with Crippen LogP contribution >= 0.6 is 11.6 Å². The Bertz CT molecular complexity index is 543. The molecule has 1 aromatic rings. The summed E-state index contributed by atoms with van der Waals surface area (Å²) in [6.07, 6.45) is 5.04. The molecule has 1 aliphatic rings. The van der Waals surface area contributed by atoms with Gasteiger partial charge in [-0.2, -0.15) is 5.26 Å². The Hall–Kier alpha value is -1.73. The Labute approximate surface area is 123 Å². The lowest BCUT2D eigenvalue weighted by Crippen LogP contribution is -2.46. The van der Waals surface area contributed by atoms with E-state index in [0.717, 1.165) is 25.7 Å². The van der Waals surface area contributed by atoms with Crippen molar-refractivity contribution in [3.05, 3.63) is 28.8 Å². The highest BCUT2D eigenvalue weighted by Gasteiger charge is 2.39. The van der Waals surface area contributed by atoms with Crippen LogP contribution in [0.2, 0.25) is 5.02 Å². The van der Waals surface area contributed by atoms with Crippen molar-refractivity contribution in [3.63, 3.8) is 0 Å². The molecule has 0 saturated heterocycles. The van der Waals surface area contributed by atoms with Crippen LogP contribution in [0.4, 0.5) is 5.69 Å². The molecule has 1 aliphatic carbocycles. The molecule has 2 rings (SSSR count). The Morgan fingerprint density at radius 3 is 2.50 bits per heavy atom. The van der Waals surface area contributed by atoms with Crippen LogP contribution < -0.4 is 5.32 Å². The average Bonchev–Trinajstić information content (AvgIpc) is 2.67. The smallest absolute Gasteiger partial charge is 0.329 e. The maximum Gasteiger partial charge on any atom is 0.329 e. The van der Waals surface area contributed by atoms with Crippen LogP contribution in [0.1, 0.15) is 44.1 Å². The van der Waals surface area contributed by atoms with Crippen molar-refractivity contribution in [2.24, 2.45) is 0 Å². The number of nitrogens with zero attached hydrogens (tertiary/aromatic N) is 1. The molecule has 0 amide bonds. The summed E-state index contributed by atoms with van der Waals surface area (Å²) in [7, 11) is 0. The third-order valence-electron chi connectivity index (χ3n) is 3.84. The summed E-state index contributed by atoms with van der Waals surface area (Å²) < 4.78 is 0. The zero-order valence-corrected chi connectivity index (χ0v) is 11.9. The van der Waals surface area contributed by atoms with E-state index in [9.17, 15) is 9.90 Å². The van der Waals surface area contributed by atoms with Crippen molar-refractivity contribution in [2.45, 2.75) is 44.1 Å². The van der Waals surface area contributed by atoms with Gasteiger partial charge in [-0.05, 0) is 31.0 Å². The number of nitrogens with one attached hydrogen (secondary N) is 1. The van der Waals surface area contributed by atoms with Crippen LogP contribution in [0.5, 0.6) is 0 Å². The summed E-state index contributed by atoms with van der Waals surface area (Å²) in [6, 6.07) is 6.95. The van der Waals surface area contributed by atoms with Gasteiger partial charge in [0, 0.05) is 5.02 Å². The van der Waals surface area contributed by atoms with E-state index in [4.69, 9.17) is 16.9 Å². The van der Waals surface area contributed by atoms with Gasteiger partial charge in [0.2, 0.25) is 0 Å². The first-order valence-electron chi connectivity index (χ1n) is 6.79.